The molecular formula is C16H30N2. The fourth-order valence-electron chi connectivity index (χ4n) is 3.96. The molecule has 3 unspecified atom stereocenters. The number of nitrogens with zero attached hydrogens (tertiary/aromatic N) is 1. The SMILES string of the molecule is CC1CCCC(N2CCCNC(C3CC3)C2)CC1. The van der Waals surface area contributed by atoms with E-state index < -0.39 is 0 Å². The summed E-state index contributed by atoms with van der Waals surface area (Å²) >= 11 is 0. The minimum atomic E-state index is 0.813. The Morgan fingerprint density at radius 2 is 1.83 bits per heavy atom. The first-order chi connectivity index (χ1) is 8.83. The molecule has 0 aromatic rings. The van der Waals surface area contributed by atoms with Crippen molar-refractivity contribution in [3.05, 3.63) is 0 Å². The molecule has 0 radical (unpaired) electrons. The molecule has 104 valence electrons. The van der Waals surface area contributed by atoms with Gasteiger partial charge in [0.2, 0.25) is 0 Å². The number of rotatable bonds is 2. The second-order valence-electron chi connectivity index (χ2n) is 7.01. The van der Waals surface area contributed by atoms with Crippen molar-refractivity contribution in [2.75, 3.05) is 19.6 Å². The van der Waals surface area contributed by atoms with E-state index in [0.29, 0.717) is 0 Å². The first kappa shape index (κ1) is 12.9. The van der Waals surface area contributed by atoms with Crippen LogP contribution in [0.15, 0.2) is 0 Å². The average Bonchev–Trinajstić information content (AvgIpc) is 3.18. The van der Waals surface area contributed by atoms with Gasteiger partial charge in [-0.3, -0.25) is 4.90 Å². The second-order valence-corrected chi connectivity index (χ2v) is 7.01. The molecular weight excluding hydrogens is 220 g/mol. The van der Waals surface area contributed by atoms with Crippen LogP contribution in [0.5, 0.6) is 0 Å². The predicted molar refractivity (Wildman–Crippen MR) is 76.7 cm³/mol. The van der Waals surface area contributed by atoms with E-state index in [0.717, 1.165) is 23.9 Å². The van der Waals surface area contributed by atoms with Crippen LogP contribution in [0.1, 0.15) is 58.3 Å². The van der Waals surface area contributed by atoms with Crippen molar-refractivity contribution in [2.24, 2.45) is 11.8 Å². The van der Waals surface area contributed by atoms with Gasteiger partial charge in [-0.15, -0.1) is 0 Å². The van der Waals surface area contributed by atoms with Crippen molar-refractivity contribution in [2.45, 2.75) is 70.4 Å². The third-order valence-corrected chi connectivity index (χ3v) is 5.39. The zero-order valence-corrected chi connectivity index (χ0v) is 12.0. The van der Waals surface area contributed by atoms with Gasteiger partial charge in [-0.25, -0.2) is 0 Å². The summed E-state index contributed by atoms with van der Waals surface area (Å²) in [4.78, 5) is 2.85. The maximum atomic E-state index is 3.80. The van der Waals surface area contributed by atoms with Gasteiger partial charge in [0, 0.05) is 18.6 Å². The Morgan fingerprint density at radius 3 is 2.67 bits per heavy atom. The second kappa shape index (κ2) is 5.92. The summed E-state index contributed by atoms with van der Waals surface area (Å²) in [6.07, 6.45) is 11.6. The van der Waals surface area contributed by atoms with Gasteiger partial charge in [-0.1, -0.05) is 19.8 Å². The maximum Gasteiger partial charge on any atom is 0.0223 e. The standard InChI is InChI=1S/C16H30N2/c1-13-4-2-5-15(9-6-13)18-11-3-10-17-16(12-18)14-7-8-14/h13-17H,2-12H2,1H3. The van der Waals surface area contributed by atoms with Gasteiger partial charge in [0.25, 0.3) is 0 Å². The van der Waals surface area contributed by atoms with Crippen molar-refractivity contribution < 1.29 is 0 Å². The van der Waals surface area contributed by atoms with Crippen LogP contribution < -0.4 is 5.32 Å². The molecule has 18 heavy (non-hydrogen) atoms. The molecule has 3 atom stereocenters. The van der Waals surface area contributed by atoms with E-state index in [1.165, 1.54) is 71.0 Å². The molecule has 3 rings (SSSR count). The fraction of sp³-hybridized carbons (Fsp3) is 1.00. The van der Waals surface area contributed by atoms with Crippen LogP contribution >= 0.6 is 0 Å². The topological polar surface area (TPSA) is 15.3 Å². The Hall–Kier alpha value is -0.0800. The third kappa shape index (κ3) is 3.27. The van der Waals surface area contributed by atoms with Gasteiger partial charge in [0.05, 0.1) is 0 Å². The Labute approximate surface area is 113 Å². The summed E-state index contributed by atoms with van der Waals surface area (Å²) in [7, 11) is 0. The van der Waals surface area contributed by atoms with Gasteiger partial charge in [0.1, 0.15) is 0 Å². The van der Waals surface area contributed by atoms with Crippen molar-refractivity contribution in [3.63, 3.8) is 0 Å². The van der Waals surface area contributed by atoms with Crippen LogP contribution in [0.3, 0.4) is 0 Å². The number of hydrogen-bond donors (Lipinski definition) is 1. The summed E-state index contributed by atoms with van der Waals surface area (Å²) in [5, 5.41) is 3.80. The van der Waals surface area contributed by atoms with E-state index in [9.17, 15) is 0 Å². The van der Waals surface area contributed by atoms with E-state index >= 15 is 0 Å². The van der Waals surface area contributed by atoms with E-state index in [-0.39, 0.29) is 0 Å². The molecule has 0 amide bonds. The van der Waals surface area contributed by atoms with E-state index in [1.54, 1.807) is 0 Å². The summed E-state index contributed by atoms with van der Waals surface area (Å²) in [5.74, 6) is 1.98. The molecule has 2 aliphatic carbocycles. The first-order valence-corrected chi connectivity index (χ1v) is 8.30. The number of hydrogen-bond acceptors (Lipinski definition) is 2. The Kier molecular flexibility index (Phi) is 4.25. The van der Waals surface area contributed by atoms with Crippen LogP contribution in [0.2, 0.25) is 0 Å². The Balaban J connectivity index is 1.58. The lowest BCUT2D eigenvalue weighted by molar-refractivity contribution is 0.170. The normalized spacial score (nSPS) is 40.2. The van der Waals surface area contributed by atoms with Crippen LogP contribution in [-0.2, 0) is 0 Å². The predicted octanol–water partition coefficient (Wildman–Crippen LogP) is 3.03. The molecule has 1 saturated heterocycles. The molecule has 0 aromatic carbocycles. The highest BCUT2D eigenvalue weighted by Crippen LogP contribution is 2.34. The molecule has 1 aliphatic heterocycles. The summed E-state index contributed by atoms with van der Waals surface area (Å²) in [5.41, 5.74) is 0. The van der Waals surface area contributed by atoms with E-state index in [1.807, 2.05) is 0 Å². The van der Waals surface area contributed by atoms with Gasteiger partial charge < -0.3 is 5.32 Å². The van der Waals surface area contributed by atoms with Gasteiger partial charge in [-0.2, -0.15) is 0 Å². The van der Waals surface area contributed by atoms with Crippen LogP contribution in [0.4, 0.5) is 0 Å². The zero-order chi connectivity index (χ0) is 12.4. The van der Waals surface area contributed by atoms with Gasteiger partial charge in [0.15, 0.2) is 0 Å². The first-order valence-electron chi connectivity index (χ1n) is 8.30. The smallest absolute Gasteiger partial charge is 0.0223 e. The fourth-order valence-corrected chi connectivity index (χ4v) is 3.96. The zero-order valence-electron chi connectivity index (χ0n) is 12.0. The largest absolute Gasteiger partial charge is 0.312 e. The molecule has 0 spiro atoms. The summed E-state index contributed by atoms with van der Waals surface area (Å²) in [6, 6.07) is 1.71. The lowest BCUT2D eigenvalue weighted by atomic mass is 10.0. The average molecular weight is 250 g/mol. The third-order valence-electron chi connectivity index (χ3n) is 5.39. The minimum Gasteiger partial charge on any atom is -0.312 e. The minimum absolute atomic E-state index is 0.813. The molecule has 3 fully saturated rings. The highest BCUT2D eigenvalue weighted by Gasteiger charge is 2.34. The quantitative estimate of drug-likeness (QED) is 0.758. The number of nitrogens with one attached hydrogen (secondary N) is 1. The van der Waals surface area contributed by atoms with Gasteiger partial charge >= 0.3 is 0 Å². The highest BCUT2D eigenvalue weighted by molar-refractivity contribution is 4.91. The van der Waals surface area contributed by atoms with Gasteiger partial charge in [-0.05, 0) is 63.5 Å². The Morgan fingerprint density at radius 1 is 0.944 bits per heavy atom. The van der Waals surface area contributed by atoms with E-state index in [4.69, 9.17) is 0 Å². The van der Waals surface area contributed by atoms with Crippen LogP contribution in [-0.4, -0.2) is 36.6 Å². The van der Waals surface area contributed by atoms with Crippen LogP contribution in [0, 0.1) is 11.8 Å². The molecule has 0 aromatic heterocycles. The highest BCUT2D eigenvalue weighted by atomic mass is 15.2. The lowest BCUT2D eigenvalue weighted by Gasteiger charge is -2.32. The monoisotopic (exact) mass is 250 g/mol. The summed E-state index contributed by atoms with van der Waals surface area (Å²) < 4.78 is 0. The summed E-state index contributed by atoms with van der Waals surface area (Å²) in [6.45, 7) is 6.37. The molecule has 2 saturated carbocycles. The molecule has 1 heterocycles. The van der Waals surface area contributed by atoms with E-state index in [2.05, 4.69) is 17.1 Å². The molecule has 0 bridgehead atoms. The Bertz CT molecular complexity index is 262. The maximum absolute atomic E-state index is 3.80. The van der Waals surface area contributed by atoms with Crippen LogP contribution in [0.25, 0.3) is 0 Å². The molecule has 2 heteroatoms. The van der Waals surface area contributed by atoms with Crippen molar-refractivity contribution >= 4 is 0 Å². The van der Waals surface area contributed by atoms with Crippen molar-refractivity contribution in [1.29, 1.82) is 0 Å². The van der Waals surface area contributed by atoms with Crippen molar-refractivity contribution in [3.8, 4) is 0 Å². The molecule has 2 nitrogen and oxygen atoms in total. The lowest BCUT2D eigenvalue weighted by Crippen LogP contribution is -2.43. The molecule has 1 N–H and O–H groups in total. The molecule has 3 aliphatic rings. The van der Waals surface area contributed by atoms with Crippen molar-refractivity contribution in [1.82, 2.24) is 10.2 Å².